The monoisotopic (exact) mass is 387 g/mol. The van der Waals surface area contributed by atoms with Crippen molar-refractivity contribution in [2.75, 3.05) is 6.79 Å². The summed E-state index contributed by atoms with van der Waals surface area (Å²) in [5.41, 5.74) is 1.47. The van der Waals surface area contributed by atoms with Crippen molar-refractivity contribution < 1.29 is 28.5 Å². The van der Waals surface area contributed by atoms with Gasteiger partial charge in [0.1, 0.15) is 11.5 Å². The number of hydrogen-bond donors (Lipinski definition) is 0. The van der Waals surface area contributed by atoms with Crippen LogP contribution in [-0.2, 0) is 0 Å². The van der Waals surface area contributed by atoms with E-state index in [0.29, 0.717) is 28.4 Å². The van der Waals surface area contributed by atoms with Crippen molar-refractivity contribution >= 4 is 17.8 Å². The Kier molecular flexibility index (Phi) is 3.98. The van der Waals surface area contributed by atoms with E-state index in [1.165, 1.54) is 12.3 Å². The van der Waals surface area contributed by atoms with Gasteiger partial charge in [0, 0.05) is 18.5 Å². The number of esters is 1. The minimum absolute atomic E-state index is 0.176. The minimum Gasteiger partial charge on any atom is -0.454 e. The van der Waals surface area contributed by atoms with Crippen molar-refractivity contribution in [3.63, 3.8) is 0 Å². The number of benzene rings is 2. The predicted molar refractivity (Wildman–Crippen MR) is 101 cm³/mol. The highest BCUT2D eigenvalue weighted by Crippen LogP contribution is 2.37. The van der Waals surface area contributed by atoms with Gasteiger partial charge in [-0.2, -0.15) is 0 Å². The second-order valence-corrected chi connectivity index (χ2v) is 6.34. The number of pyridine rings is 1. The van der Waals surface area contributed by atoms with Crippen LogP contribution in [0, 0.1) is 0 Å². The van der Waals surface area contributed by atoms with E-state index in [2.05, 4.69) is 4.98 Å². The third-order valence-electron chi connectivity index (χ3n) is 4.44. The Labute approximate surface area is 165 Å². The first-order chi connectivity index (χ1) is 14.2. The van der Waals surface area contributed by atoms with Crippen LogP contribution >= 0.6 is 0 Å². The molecule has 2 aliphatic heterocycles. The largest absolute Gasteiger partial charge is 0.454 e. The number of nitrogens with zero attached hydrogens (tertiary/aromatic N) is 1. The first-order valence-corrected chi connectivity index (χ1v) is 8.77. The van der Waals surface area contributed by atoms with E-state index in [1.807, 2.05) is 0 Å². The number of carbonyl (C=O) groups excluding carboxylic acids is 2. The van der Waals surface area contributed by atoms with E-state index in [0.717, 1.165) is 5.56 Å². The molecule has 0 amide bonds. The van der Waals surface area contributed by atoms with E-state index in [4.69, 9.17) is 18.9 Å². The Morgan fingerprint density at radius 3 is 2.79 bits per heavy atom. The first-order valence-electron chi connectivity index (χ1n) is 8.77. The van der Waals surface area contributed by atoms with E-state index < -0.39 is 5.97 Å². The van der Waals surface area contributed by atoms with Gasteiger partial charge in [0.15, 0.2) is 17.3 Å². The molecule has 1 aromatic heterocycles. The lowest BCUT2D eigenvalue weighted by Crippen LogP contribution is -2.08. The van der Waals surface area contributed by atoms with Crippen LogP contribution in [0.1, 0.15) is 26.3 Å². The third kappa shape index (κ3) is 3.19. The Hall–Kier alpha value is -4.13. The van der Waals surface area contributed by atoms with Crippen LogP contribution in [0.2, 0.25) is 0 Å². The Morgan fingerprint density at radius 1 is 1.03 bits per heavy atom. The molecule has 0 fully saturated rings. The van der Waals surface area contributed by atoms with Gasteiger partial charge in [0.05, 0.1) is 11.1 Å². The highest BCUT2D eigenvalue weighted by molar-refractivity contribution is 6.14. The average Bonchev–Trinajstić information content (AvgIpc) is 3.33. The molecule has 0 radical (unpaired) electrons. The van der Waals surface area contributed by atoms with Crippen molar-refractivity contribution in [2.45, 2.75) is 0 Å². The van der Waals surface area contributed by atoms with Gasteiger partial charge in [0.2, 0.25) is 12.6 Å². The van der Waals surface area contributed by atoms with Crippen LogP contribution in [0.4, 0.5) is 0 Å². The van der Waals surface area contributed by atoms with Gasteiger partial charge in [-0.3, -0.25) is 9.78 Å². The number of Topliss-reactive ketones (excluding diaryl/α,β-unsaturated/α-hetero) is 1. The second kappa shape index (κ2) is 6.79. The minimum atomic E-state index is -0.543. The van der Waals surface area contributed by atoms with Gasteiger partial charge in [-0.25, -0.2) is 4.79 Å². The molecule has 7 nitrogen and oxygen atoms in total. The lowest BCUT2D eigenvalue weighted by molar-refractivity contribution is 0.0734. The van der Waals surface area contributed by atoms with Crippen molar-refractivity contribution in [1.82, 2.24) is 4.98 Å². The number of ether oxygens (including phenoxy) is 4. The van der Waals surface area contributed by atoms with Crippen LogP contribution in [0.5, 0.6) is 23.0 Å². The van der Waals surface area contributed by atoms with Gasteiger partial charge in [-0.05, 0) is 48.0 Å². The number of aromatic nitrogens is 1. The maximum atomic E-state index is 12.6. The van der Waals surface area contributed by atoms with Crippen LogP contribution in [0.15, 0.2) is 66.7 Å². The second-order valence-electron chi connectivity index (χ2n) is 6.34. The maximum Gasteiger partial charge on any atom is 0.345 e. The normalized spacial score (nSPS) is 15.2. The fourth-order valence-electron chi connectivity index (χ4n) is 3.03. The summed E-state index contributed by atoms with van der Waals surface area (Å²) in [5.74, 6) is 1.27. The summed E-state index contributed by atoms with van der Waals surface area (Å²) >= 11 is 0. The molecule has 2 aliphatic rings. The molecule has 5 rings (SSSR count). The molecule has 0 spiro atoms. The van der Waals surface area contributed by atoms with Crippen molar-refractivity contribution in [1.29, 1.82) is 0 Å². The fraction of sp³-hybridized carbons (Fsp3) is 0.0455. The number of ketones is 1. The van der Waals surface area contributed by atoms with Crippen molar-refractivity contribution in [3.05, 3.63) is 83.4 Å². The summed E-state index contributed by atoms with van der Waals surface area (Å²) < 4.78 is 21.7. The number of rotatable bonds is 3. The molecule has 3 aromatic rings. The van der Waals surface area contributed by atoms with Gasteiger partial charge in [0.25, 0.3) is 0 Å². The molecule has 0 saturated carbocycles. The summed E-state index contributed by atoms with van der Waals surface area (Å²) in [6.07, 6.45) is 4.62. The first kappa shape index (κ1) is 17.0. The van der Waals surface area contributed by atoms with Crippen molar-refractivity contribution in [3.8, 4) is 23.0 Å². The summed E-state index contributed by atoms with van der Waals surface area (Å²) in [4.78, 5) is 28.7. The predicted octanol–water partition coefficient (Wildman–Crippen LogP) is 3.65. The quantitative estimate of drug-likeness (QED) is 0.385. The van der Waals surface area contributed by atoms with E-state index in [-0.39, 0.29) is 24.1 Å². The summed E-state index contributed by atoms with van der Waals surface area (Å²) in [6, 6.07) is 13.3. The Morgan fingerprint density at radius 2 is 1.93 bits per heavy atom. The van der Waals surface area contributed by atoms with Crippen LogP contribution in [0.25, 0.3) is 6.08 Å². The van der Waals surface area contributed by atoms with Crippen LogP contribution in [0.3, 0.4) is 0 Å². The average molecular weight is 387 g/mol. The Balaban J connectivity index is 1.37. The molecule has 0 aliphatic carbocycles. The van der Waals surface area contributed by atoms with Gasteiger partial charge in [-0.15, -0.1) is 0 Å². The topological polar surface area (TPSA) is 84.0 Å². The molecule has 2 aromatic carbocycles. The van der Waals surface area contributed by atoms with Gasteiger partial charge >= 0.3 is 5.97 Å². The molecule has 0 atom stereocenters. The summed E-state index contributed by atoms with van der Waals surface area (Å²) in [7, 11) is 0. The SMILES string of the molecule is O=C(Oc1ccc2c(c1)O/C(=C\c1ccc3c(c1)OCO3)C2=O)c1cccnc1. The molecule has 3 heterocycles. The highest BCUT2D eigenvalue weighted by Gasteiger charge is 2.28. The Bertz CT molecular complexity index is 1170. The highest BCUT2D eigenvalue weighted by atomic mass is 16.7. The van der Waals surface area contributed by atoms with E-state index >= 15 is 0 Å². The van der Waals surface area contributed by atoms with Crippen LogP contribution < -0.4 is 18.9 Å². The lowest BCUT2D eigenvalue weighted by Gasteiger charge is -2.05. The zero-order chi connectivity index (χ0) is 19.8. The molecule has 0 N–H and O–H groups in total. The number of carbonyl (C=O) groups is 2. The smallest absolute Gasteiger partial charge is 0.345 e. The number of allylic oxidation sites excluding steroid dienone is 1. The molecule has 0 saturated heterocycles. The molecule has 142 valence electrons. The van der Waals surface area contributed by atoms with Gasteiger partial charge < -0.3 is 18.9 Å². The number of hydrogen-bond acceptors (Lipinski definition) is 7. The third-order valence-corrected chi connectivity index (χ3v) is 4.44. The van der Waals surface area contributed by atoms with Gasteiger partial charge in [-0.1, -0.05) is 6.07 Å². The van der Waals surface area contributed by atoms with Crippen LogP contribution in [-0.4, -0.2) is 23.5 Å². The zero-order valence-corrected chi connectivity index (χ0v) is 15.0. The fourth-order valence-corrected chi connectivity index (χ4v) is 3.03. The molecular formula is C22H13NO6. The molecule has 29 heavy (non-hydrogen) atoms. The summed E-state index contributed by atoms with van der Waals surface area (Å²) in [5, 5.41) is 0. The molecule has 0 unspecified atom stereocenters. The van der Waals surface area contributed by atoms with Crippen molar-refractivity contribution in [2.24, 2.45) is 0 Å². The van der Waals surface area contributed by atoms with E-state index in [9.17, 15) is 9.59 Å². The lowest BCUT2D eigenvalue weighted by atomic mass is 10.1. The summed E-state index contributed by atoms with van der Waals surface area (Å²) in [6.45, 7) is 0.177. The maximum absolute atomic E-state index is 12.6. The molecular weight excluding hydrogens is 374 g/mol. The standard InChI is InChI=1S/C22H13NO6/c24-21-16-5-4-15(28-22(25)14-2-1-7-23-11-14)10-18(16)29-20(21)9-13-3-6-17-19(8-13)27-12-26-17/h1-11H,12H2/b20-9-. The zero-order valence-electron chi connectivity index (χ0n) is 15.0. The molecule has 7 heteroatoms. The molecule has 0 bridgehead atoms. The van der Waals surface area contributed by atoms with E-state index in [1.54, 1.807) is 54.7 Å². The number of fused-ring (bicyclic) bond motifs is 2.